The van der Waals surface area contributed by atoms with Crippen LogP contribution >= 0.6 is 0 Å². The lowest BCUT2D eigenvalue weighted by Crippen LogP contribution is -2.67. The van der Waals surface area contributed by atoms with Gasteiger partial charge in [0.05, 0.1) is 48.6 Å². The lowest BCUT2D eigenvalue weighted by molar-refractivity contribution is -0.318. The Balaban J connectivity index is 0.915. The van der Waals surface area contributed by atoms with Crippen LogP contribution in [0.1, 0.15) is 104 Å². The minimum Gasteiger partial charge on any atom is -0.431 e. The third-order valence-electron chi connectivity index (χ3n) is 15.5. The molecule has 8 rings (SSSR count). The fraction of sp³-hybridized carbons (Fsp3) is 0.786. The van der Waals surface area contributed by atoms with E-state index < -0.39 is 66.3 Å². The summed E-state index contributed by atoms with van der Waals surface area (Å²) in [4.78, 5) is 12.7. The van der Waals surface area contributed by atoms with E-state index in [4.69, 9.17) is 23.7 Å². The summed E-state index contributed by atoms with van der Waals surface area (Å²) in [5.74, 6) is 0.766. The summed E-state index contributed by atoms with van der Waals surface area (Å²) in [5.41, 5.74) is -0.883. The Morgan fingerprint density at radius 3 is 2.25 bits per heavy atom. The fourth-order valence-electron chi connectivity index (χ4n) is 12.5. The van der Waals surface area contributed by atoms with Crippen molar-refractivity contribution in [1.29, 1.82) is 0 Å². The Morgan fingerprint density at radius 1 is 0.792 bits per heavy atom. The molecule has 4 aliphatic carbocycles. The average Bonchev–Trinajstić information content (AvgIpc) is 3.61. The predicted molar refractivity (Wildman–Crippen MR) is 192 cm³/mol. The molecule has 4 saturated carbocycles. The van der Waals surface area contributed by atoms with E-state index in [1.165, 1.54) is 0 Å². The van der Waals surface area contributed by atoms with Gasteiger partial charge in [0.1, 0.15) is 18.0 Å². The van der Waals surface area contributed by atoms with Crippen molar-refractivity contribution >= 4 is 12.0 Å². The van der Waals surface area contributed by atoms with Crippen LogP contribution in [0.4, 0.5) is 0 Å². The van der Waals surface area contributed by atoms with Gasteiger partial charge in [-0.05, 0) is 106 Å². The zero-order valence-corrected chi connectivity index (χ0v) is 31.6. The Kier molecular flexibility index (Phi) is 10.2. The standard InChI is InChI=1S/C42H60O11/c1-22-38(47)31(43)20-37(49-22)53-39-23(2)50-36(21-32(39)44)51-26-12-14-40(3)25(17-26)10-11-29-30(40)19-34(45)41(4)28(13-15-42(29,41)48)27-18-35(46)52-33(27)16-24-8-6-5-7-9-24/h5-9,16,22-23,25-32,34,36-39,43-45,47-48H,10-15,17-21H2,1-4H3/b33-16-/t22?,23?,25-,26+,27?,28-,29-,30+,31-,32-,34-,36+,37-,38?,39?,40+,41+,42+/m1/s1. The first-order valence-corrected chi connectivity index (χ1v) is 20.2. The molecule has 7 fully saturated rings. The van der Waals surface area contributed by atoms with Crippen LogP contribution in [0.3, 0.4) is 0 Å². The lowest BCUT2D eigenvalue weighted by Gasteiger charge is -2.65. The summed E-state index contributed by atoms with van der Waals surface area (Å²) in [6.07, 6.45) is 2.50. The second-order valence-corrected chi connectivity index (χ2v) is 18.1. The van der Waals surface area contributed by atoms with E-state index in [-0.39, 0.29) is 60.4 Å². The van der Waals surface area contributed by atoms with Crippen molar-refractivity contribution in [3.63, 3.8) is 0 Å². The molecule has 0 amide bonds. The number of cyclic esters (lactones) is 1. The summed E-state index contributed by atoms with van der Waals surface area (Å²) in [5, 5.41) is 56.4. The molecule has 7 aliphatic rings. The molecule has 1 aromatic carbocycles. The summed E-state index contributed by atoms with van der Waals surface area (Å²) < 4.78 is 30.4. The smallest absolute Gasteiger partial charge is 0.311 e. The Labute approximate surface area is 313 Å². The van der Waals surface area contributed by atoms with Gasteiger partial charge in [0.2, 0.25) is 0 Å². The van der Waals surface area contributed by atoms with Crippen molar-refractivity contribution in [2.24, 2.45) is 40.4 Å². The number of benzene rings is 1. The van der Waals surface area contributed by atoms with Gasteiger partial charge in [0.15, 0.2) is 12.6 Å². The van der Waals surface area contributed by atoms with Crippen molar-refractivity contribution in [3.05, 3.63) is 41.7 Å². The normalized spacial score (nSPS) is 52.1. The van der Waals surface area contributed by atoms with Gasteiger partial charge in [0.25, 0.3) is 0 Å². The first kappa shape index (κ1) is 38.0. The molecule has 0 spiro atoms. The molecule has 0 aromatic heterocycles. The number of fused-ring (bicyclic) bond motifs is 5. The van der Waals surface area contributed by atoms with E-state index >= 15 is 0 Å². The maximum Gasteiger partial charge on any atom is 0.311 e. The van der Waals surface area contributed by atoms with Gasteiger partial charge < -0.3 is 49.2 Å². The van der Waals surface area contributed by atoms with E-state index in [2.05, 4.69) is 13.8 Å². The highest BCUT2D eigenvalue weighted by molar-refractivity contribution is 5.76. The van der Waals surface area contributed by atoms with Crippen molar-refractivity contribution in [1.82, 2.24) is 0 Å². The molecule has 294 valence electrons. The van der Waals surface area contributed by atoms with Crippen LogP contribution in [0.2, 0.25) is 0 Å². The lowest BCUT2D eigenvalue weighted by atomic mass is 9.42. The summed E-state index contributed by atoms with van der Waals surface area (Å²) in [6, 6.07) is 9.88. The van der Waals surface area contributed by atoms with E-state index in [0.717, 1.165) is 44.1 Å². The Hall–Kier alpha value is -1.93. The molecule has 53 heavy (non-hydrogen) atoms. The highest BCUT2D eigenvalue weighted by Crippen LogP contribution is 2.70. The van der Waals surface area contributed by atoms with Crippen molar-refractivity contribution in [3.8, 4) is 0 Å². The first-order chi connectivity index (χ1) is 25.2. The molecular formula is C42H60O11. The van der Waals surface area contributed by atoms with Crippen molar-refractivity contribution in [2.75, 3.05) is 0 Å². The second-order valence-electron chi connectivity index (χ2n) is 18.1. The van der Waals surface area contributed by atoms with Crippen molar-refractivity contribution < 1.29 is 54.0 Å². The molecule has 3 aliphatic heterocycles. The predicted octanol–water partition coefficient (Wildman–Crippen LogP) is 4.46. The van der Waals surface area contributed by atoms with Crippen molar-refractivity contribution in [2.45, 2.75) is 165 Å². The number of hydrogen-bond donors (Lipinski definition) is 5. The number of hydrogen-bond acceptors (Lipinski definition) is 11. The van der Waals surface area contributed by atoms with Gasteiger partial charge in [-0.25, -0.2) is 0 Å². The second kappa shape index (κ2) is 14.2. The summed E-state index contributed by atoms with van der Waals surface area (Å²) in [7, 11) is 0. The highest BCUT2D eigenvalue weighted by atomic mass is 16.7. The number of carbonyl (C=O) groups is 1. The molecule has 11 nitrogen and oxygen atoms in total. The quantitative estimate of drug-likeness (QED) is 0.207. The largest absolute Gasteiger partial charge is 0.431 e. The molecule has 1 aromatic rings. The SMILES string of the molecule is CC1O[C@H](OC2C(C)O[C@@H](O[C@H]3CC[C@@]4(C)[C@H](CC[C@@H]5[C@@H]4C[C@@H](O)[C@]4(C)[C@@H](C6CC(=O)O/C6=C\c6ccccc6)CC[C@]54O)C3)C[C@H]2O)C[C@@H](O)C1O. The van der Waals surface area contributed by atoms with Gasteiger partial charge in [-0.15, -0.1) is 0 Å². The highest BCUT2D eigenvalue weighted by Gasteiger charge is 2.71. The van der Waals surface area contributed by atoms with Crippen LogP contribution in [0, 0.1) is 40.4 Å². The zero-order valence-electron chi connectivity index (χ0n) is 31.6. The van der Waals surface area contributed by atoms with E-state index in [1.807, 2.05) is 43.3 Å². The van der Waals surface area contributed by atoms with E-state index in [9.17, 15) is 30.3 Å². The molecule has 18 atom stereocenters. The molecule has 0 radical (unpaired) electrons. The molecule has 0 bridgehead atoms. The Morgan fingerprint density at radius 2 is 1.51 bits per heavy atom. The van der Waals surface area contributed by atoms with Crippen LogP contribution in [0.15, 0.2) is 36.1 Å². The van der Waals surface area contributed by atoms with Gasteiger partial charge in [-0.3, -0.25) is 4.79 Å². The third-order valence-corrected chi connectivity index (χ3v) is 15.5. The van der Waals surface area contributed by atoms with Crippen LogP contribution in [-0.2, 0) is 28.5 Å². The topological polar surface area (TPSA) is 164 Å². The molecular weight excluding hydrogens is 680 g/mol. The van der Waals surface area contributed by atoms with Gasteiger partial charge in [0, 0.05) is 24.2 Å². The number of aliphatic hydroxyl groups excluding tert-OH is 4. The number of carbonyl (C=O) groups excluding carboxylic acids is 1. The zero-order chi connectivity index (χ0) is 37.4. The van der Waals surface area contributed by atoms with E-state index in [1.54, 1.807) is 6.92 Å². The van der Waals surface area contributed by atoms with Crippen LogP contribution < -0.4 is 0 Å². The number of ether oxygens (including phenoxy) is 5. The number of esters is 1. The maximum absolute atomic E-state index is 12.9. The van der Waals surface area contributed by atoms with E-state index in [0.29, 0.717) is 24.5 Å². The van der Waals surface area contributed by atoms with Gasteiger partial charge in [-0.2, -0.15) is 0 Å². The van der Waals surface area contributed by atoms with Crippen LogP contribution in [0.25, 0.3) is 6.08 Å². The van der Waals surface area contributed by atoms with Crippen LogP contribution in [0.5, 0.6) is 0 Å². The number of aliphatic hydroxyl groups is 5. The minimum atomic E-state index is -1.04. The monoisotopic (exact) mass is 740 g/mol. The first-order valence-electron chi connectivity index (χ1n) is 20.2. The van der Waals surface area contributed by atoms with Gasteiger partial charge in [-0.1, -0.05) is 44.2 Å². The fourth-order valence-corrected chi connectivity index (χ4v) is 12.5. The van der Waals surface area contributed by atoms with Crippen LogP contribution in [-0.4, -0.2) is 98.5 Å². The summed E-state index contributed by atoms with van der Waals surface area (Å²) >= 11 is 0. The molecule has 3 heterocycles. The third kappa shape index (κ3) is 6.44. The average molecular weight is 741 g/mol. The molecule has 11 heteroatoms. The number of allylic oxidation sites excluding steroid dienone is 1. The number of rotatable bonds is 6. The molecule has 5 unspecified atom stereocenters. The summed E-state index contributed by atoms with van der Waals surface area (Å²) in [6.45, 7) is 7.98. The molecule has 3 saturated heterocycles. The van der Waals surface area contributed by atoms with Gasteiger partial charge >= 0.3 is 5.97 Å². The maximum atomic E-state index is 12.9. The molecule has 5 N–H and O–H groups in total. The Bertz CT molecular complexity index is 1500. The minimum absolute atomic E-state index is 0.0295.